The molecule has 6 heteroatoms. The number of nitrogens with zero attached hydrogens (tertiary/aromatic N) is 2. The van der Waals surface area contributed by atoms with Crippen LogP contribution >= 0.6 is 12.4 Å². The van der Waals surface area contributed by atoms with Gasteiger partial charge in [-0.2, -0.15) is 5.10 Å². The van der Waals surface area contributed by atoms with Crippen molar-refractivity contribution in [2.45, 2.75) is 56.9 Å². The molecule has 1 amide bonds. The predicted molar refractivity (Wildman–Crippen MR) is 106 cm³/mol. The van der Waals surface area contributed by atoms with E-state index in [2.05, 4.69) is 16.7 Å². The Morgan fingerprint density at radius 2 is 1.92 bits per heavy atom. The van der Waals surface area contributed by atoms with Crippen molar-refractivity contribution in [3.05, 3.63) is 42.1 Å². The third-order valence-electron chi connectivity index (χ3n) is 5.36. The summed E-state index contributed by atoms with van der Waals surface area (Å²) in [6.45, 7) is 1.02. The van der Waals surface area contributed by atoms with Crippen LogP contribution in [-0.2, 0) is 4.79 Å². The molecule has 2 fully saturated rings. The summed E-state index contributed by atoms with van der Waals surface area (Å²) in [5.74, 6) is 1.38. The molecule has 1 saturated heterocycles. The molecule has 4 rings (SSSR count). The Kier molecular flexibility index (Phi) is 6.33. The van der Waals surface area contributed by atoms with Crippen LogP contribution in [0, 0.1) is 0 Å². The van der Waals surface area contributed by atoms with Gasteiger partial charge in [-0.05, 0) is 44.4 Å². The molecule has 1 unspecified atom stereocenters. The van der Waals surface area contributed by atoms with Crippen molar-refractivity contribution in [2.24, 2.45) is 0 Å². The summed E-state index contributed by atoms with van der Waals surface area (Å²) in [4.78, 5) is 12.5. The summed E-state index contributed by atoms with van der Waals surface area (Å²) >= 11 is 0. The van der Waals surface area contributed by atoms with Crippen LogP contribution in [0.25, 0.3) is 5.69 Å². The quantitative estimate of drug-likeness (QED) is 0.830. The Morgan fingerprint density at radius 1 is 1.15 bits per heavy atom. The Bertz CT molecular complexity index is 719. The maximum Gasteiger partial charge on any atom is 0.227 e. The van der Waals surface area contributed by atoms with Gasteiger partial charge in [0.1, 0.15) is 5.82 Å². The first-order valence-corrected chi connectivity index (χ1v) is 9.48. The fourth-order valence-electron chi connectivity index (χ4n) is 4.02. The summed E-state index contributed by atoms with van der Waals surface area (Å²) < 4.78 is 1.88. The number of carbonyl (C=O) groups excluding carboxylic acids is 1. The van der Waals surface area contributed by atoms with Gasteiger partial charge in [-0.3, -0.25) is 4.79 Å². The van der Waals surface area contributed by atoms with E-state index in [1.54, 1.807) is 0 Å². The average molecular weight is 375 g/mol. The van der Waals surface area contributed by atoms with Crippen LogP contribution in [0.2, 0.25) is 0 Å². The highest BCUT2D eigenvalue weighted by Gasteiger charge is 2.23. The number of hydrogen-bond acceptors (Lipinski definition) is 3. The highest BCUT2D eigenvalue weighted by molar-refractivity contribution is 5.90. The van der Waals surface area contributed by atoms with Gasteiger partial charge in [0.2, 0.25) is 5.91 Å². The predicted octanol–water partition coefficient (Wildman–Crippen LogP) is 4.03. The minimum atomic E-state index is 0. The van der Waals surface area contributed by atoms with Crippen LogP contribution in [0.4, 0.5) is 5.82 Å². The second kappa shape index (κ2) is 8.69. The number of aromatic nitrogens is 2. The minimum absolute atomic E-state index is 0. The van der Waals surface area contributed by atoms with Gasteiger partial charge in [-0.15, -0.1) is 12.4 Å². The van der Waals surface area contributed by atoms with E-state index in [4.69, 9.17) is 5.10 Å². The van der Waals surface area contributed by atoms with Crippen molar-refractivity contribution < 1.29 is 4.79 Å². The summed E-state index contributed by atoms with van der Waals surface area (Å²) in [7, 11) is 0. The second-order valence-electron chi connectivity index (χ2n) is 7.23. The fraction of sp³-hybridized carbons (Fsp3) is 0.500. The molecule has 2 aliphatic rings. The van der Waals surface area contributed by atoms with E-state index in [0.717, 1.165) is 36.6 Å². The van der Waals surface area contributed by atoms with E-state index in [-0.39, 0.29) is 18.3 Å². The summed E-state index contributed by atoms with van der Waals surface area (Å²) in [6.07, 6.45) is 7.72. The number of nitrogens with one attached hydrogen (secondary N) is 2. The molecule has 0 bridgehead atoms. The van der Waals surface area contributed by atoms with Crippen LogP contribution < -0.4 is 10.6 Å². The molecule has 5 nitrogen and oxygen atoms in total. The topological polar surface area (TPSA) is 59.0 Å². The standard InChI is InChI=1S/C20H26N4O.ClH/c25-20(13-16-9-6-12-21-16)22-19-14-18(15-7-4-5-8-15)23-24(19)17-10-2-1-3-11-17;/h1-3,10-11,14-16,21H,4-9,12-13H2,(H,22,25);1H. The molecule has 2 aromatic rings. The monoisotopic (exact) mass is 374 g/mol. The lowest BCUT2D eigenvalue weighted by Crippen LogP contribution is -2.28. The molecular weight excluding hydrogens is 348 g/mol. The first kappa shape index (κ1) is 18.9. The van der Waals surface area contributed by atoms with Crippen molar-refractivity contribution in [2.75, 3.05) is 11.9 Å². The third kappa shape index (κ3) is 4.27. The number of amides is 1. The van der Waals surface area contributed by atoms with Crippen LogP contribution in [0.3, 0.4) is 0 Å². The fourth-order valence-corrected chi connectivity index (χ4v) is 4.02. The van der Waals surface area contributed by atoms with Gasteiger partial charge in [0.15, 0.2) is 0 Å². The first-order valence-electron chi connectivity index (χ1n) is 9.48. The highest BCUT2D eigenvalue weighted by Crippen LogP contribution is 2.35. The molecule has 1 atom stereocenters. The third-order valence-corrected chi connectivity index (χ3v) is 5.36. The molecule has 1 aromatic carbocycles. The van der Waals surface area contributed by atoms with Crippen molar-refractivity contribution in [1.29, 1.82) is 0 Å². The van der Waals surface area contributed by atoms with Gasteiger partial charge in [-0.25, -0.2) is 4.68 Å². The van der Waals surface area contributed by atoms with E-state index >= 15 is 0 Å². The zero-order chi connectivity index (χ0) is 17.1. The van der Waals surface area contributed by atoms with Crippen LogP contribution in [0.1, 0.15) is 56.6 Å². The van der Waals surface area contributed by atoms with Gasteiger partial charge in [-0.1, -0.05) is 31.0 Å². The molecule has 1 aromatic heterocycles. The molecule has 0 spiro atoms. The van der Waals surface area contributed by atoms with E-state index in [1.807, 2.05) is 35.0 Å². The molecule has 1 aliphatic heterocycles. The number of para-hydroxylation sites is 1. The largest absolute Gasteiger partial charge is 0.313 e. The first-order chi connectivity index (χ1) is 12.3. The average Bonchev–Trinajstić information content (AvgIpc) is 3.37. The van der Waals surface area contributed by atoms with Crippen LogP contribution in [-0.4, -0.2) is 28.3 Å². The highest BCUT2D eigenvalue weighted by atomic mass is 35.5. The van der Waals surface area contributed by atoms with Crippen LogP contribution in [0.5, 0.6) is 0 Å². The molecule has 2 heterocycles. The molecular formula is C20H27ClN4O. The van der Waals surface area contributed by atoms with E-state index in [9.17, 15) is 4.79 Å². The number of halogens is 1. The molecule has 1 aliphatic carbocycles. The molecule has 26 heavy (non-hydrogen) atoms. The number of carbonyl (C=O) groups is 1. The van der Waals surface area contributed by atoms with Gasteiger partial charge in [0.25, 0.3) is 0 Å². The minimum Gasteiger partial charge on any atom is -0.313 e. The Labute approximate surface area is 161 Å². The number of benzene rings is 1. The number of hydrogen-bond donors (Lipinski definition) is 2. The van der Waals surface area contributed by atoms with E-state index in [1.165, 1.54) is 25.7 Å². The smallest absolute Gasteiger partial charge is 0.227 e. The zero-order valence-corrected chi connectivity index (χ0v) is 15.8. The van der Waals surface area contributed by atoms with Crippen molar-refractivity contribution in [3.63, 3.8) is 0 Å². The summed E-state index contributed by atoms with van der Waals surface area (Å²) in [6, 6.07) is 12.4. The summed E-state index contributed by atoms with van der Waals surface area (Å²) in [5.41, 5.74) is 2.09. The molecule has 0 radical (unpaired) electrons. The molecule has 140 valence electrons. The lowest BCUT2D eigenvalue weighted by molar-refractivity contribution is -0.116. The van der Waals surface area contributed by atoms with Crippen LogP contribution in [0.15, 0.2) is 36.4 Å². The molecule has 2 N–H and O–H groups in total. The Balaban J connectivity index is 0.00000196. The van der Waals surface area contributed by atoms with Crippen molar-refractivity contribution in [3.8, 4) is 5.69 Å². The lowest BCUT2D eigenvalue weighted by Gasteiger charge is -2.11. The summed E-state index contributed by atoms with van der Waals surface area (Å²) in [5, 5.41) is 11.3. The molecule has 1 saturated carbocycles. The Morgan fingerprint density at radius 3 is 2.62 bits per heavy atom. The van der Waals surface area contributed by atoms with Crippen molar-refractivity contribution >= 4 is 24.1 Å². The van der Waals surface area contributed by atoms with Gasteiger partial charge in [0, 0.05) is 24.4 Å². The van der Waals surface area contributed by atoms with E-state index in [0.29, 0.717) is 18.4 Å². The maximum absolute atomic E-state index is 12.5. The maximum atomic E-state index is 12.5. The van der Waals surface area contributed by atoms with Gasteiger partial charge in [0.05, 0.1) is 11.4 Å². The second-order valence-corrected chi connectivity index (χ2v) is 7.23. The Hall–Kier alpha value is -1.85. The number of rotatable bonds is 5. The SMILES string of the molecule is Cl.O=C(CC1CCCN1)Nc1cc(C2CCCC2)nn1-c1ccccc1. The van der Waals surface area contributed by atoms with Crippen molar-refractivity contribution in [1.82, 2.24) is 15.1 Å². The van der Waals surface area contributed by atoms with E-state index < -0.39 is 0 Å². The lowest BCUT2D eigenvalue weighted by atomic mass is 10.0. The number of anilines is 1. The van der Waals surface area contributed by atoms with Gasteiger partial charge >= 0.3 is 0 Å². The van der Waals surface area contributed by atoms with Gasteiger partial charge < -0.3 is 10.6 Å². The zero-order valence-electron chi connectivity index (χ0n) is 15.0. The normalized spacial score (nSPS) is 20.1.